The Morgan fingerprint density at radius 3 is 2.12 bits per heavy atom. The Morgan fingerprint density at radius 2 is 1.69 bits per heavy atom. The number of tetrazole rings is 1. The molecule has 0 aliphatic carbocycles. The predicted molar refractivity (Wildman–Crippen MR) is 164 cm³/mol. The number of halogens is 9. The molecule has 0 spiro atoms. The van der Waals surface area contributed by atoms with Crippen LogP contribution in [0.4, 0.5) is 45.5 Å². The molecule has 1 aliphatic rings. The molecule has 1 aliphatic heterocycles. The van der Waals surface area contributed by atoms with E-state index in [-0.39, 0.29) is 36.7 Å². The fourth-order valence-corrected chi connectivity index (χ4v) is 4.95. The second-order valence-corrected chi connectivity index (χ2v) is 11.6. The van der Waals surface area contributed by atoms with Crippen LogP contribution in [0.1, 0.15) is 63.6 Å². The molecule has 48 heavy (non-hydrogen) atoms. The summed E-state index contributed by atoms with van der Waals surface area (Å²) in [4.78, 5) is 4.99. The smallest absolute Gasteiger partial charge is 0.376 e. The van der Waals surface area contributed by atoms with E-state index in [9.17, 15) is 44.6 Å². The van der Waals surface area contributed by atoms with E-state index in [1.807, 2.05) is 13.0 Å². The fraction of sp³-hybridized carbons (Fsp3) is 0.581. The van der Waals surface area contributed by atoms with E-state index in [1.54, 1.807) is 6.92 Å². The zero-order valence-electron chi connectivity index (χ0n) is 27.4. The van der Waals surface area contributed by atoms with E-state index >= 15 is 0 Å². The second kappa shape index (κ2) is 16.8. The van der Waals surface area contributed by atoms with Gasteiger partial charge in [0.1, 0.15) is 5.72 Å². The summed E-state index contributed by atoms with van der Waals surface area (Å²) in [6.45, 7) is 11.7. The molecular formula is C31H42F9N7O. The number of hydrogen-bond acceptors (Lipinski definition) is 7. The maximum atomic E-state index is 13.4. The van der Waals surface area contributed by atoms with Crippen LogP contribution < -0.4 is 10.2 Å². The molecule has 2 aromatic rings. The summed E-state index contributed by atoms with van der Waals surface area (Å²) in [6, 6.07) is 1.68. The van der Waals surface area contributed by atoms with E-state index in [0.29, 0.717) is 25.9 Å². The molecule has 2 heterocycles. The number of anilines is 1. The third-order valence-electron chi connectivity index (χ3n) is 7.69. The zero-order chi connectivity index (χ0) is 36.5. The van der Waals surface area contributed by atoms with E-state index in [2.05, 4.69) is 39.1 Å². The molecule has 0 radical (unpaired) electrons. The number of nitrogens with one attached hydrogen (secondary N) is 1. The summed E-state index contributed by atoms with van der Waals surface area (Å²) in [7, 11) is 1.52. The first-order valence-corrected chi connectivity index (χ1v) is 15.1. The number of aliphatic hydroxyl groups is 1. The predicted octanol–water partition coefficient (Wildman–Crippen LogP) is 7.05. The minimum absolute atomic E-state index is 0.0888. The van der Waals surface area contributed by atoms with Crippen molar-refractivity contribution in [3.63, 3.8) is 0 Å². The maximum absolute atomic E-state index is 13.4. The number of benzene rings is 1. The molecule has 2 N–H and O–H groups in total. The van der Waals surface area contributed by atoms with Crippen molar-refractivity contribution in [3.8, 4) is 0 Å². The normalized spacial score (nSPS) is 19.3. The van der Waals surface area contributed by atoms with Crippen molar-refractivity contribution < 1.29 is 44.6 Å². The SMILES string of the molecule is C/C=C(\CC(CC)N1CCNC(C)(O)CC1)CN(Cc1cc(C(F)(F)F)cc(C(F)(F)F)c1)c1nnn(C)n1.C=C/C=C(\C)C(F)(F)F. The number of allylic oxidation sites excluding steroid dienone is 4. The highest BCUT2D eigenvalue weighted by Crippen LogP contribution is 2.37. The molecule has 0 amide bonds. The lowest BCUT2D eigenvalue weighted by Gasteiger charge is -2.32. The third kappa shape index (κ3) is 12.9. The number of aryl methyl sites for hydroxylation is 1. The molecule has 2 atom stereocenters. The molecular weight excluding hydrogens is 657 g/mol. The quantitative estimate of drug-likeness (QED) is 0.156. The summed E-state index contributed by atoms with van der Waals surface area (Å²) in [6.07, 6.45) is -8.18. The van der Waals surface area contributed by atoms with Gasteiger partial charge in [-0.05, 0) is 62.6 Å². The van der Waals surface area contributed by atoms with Gasteiger partial charge in [0.2, 0.25) is 0 Å². The Morgan fingerprint density at radius 1 is 1.08 bits per heavy atom. The van der Waals surface area contributed by atoms with Crippen LogP contribution in [0, 0.1) is 0 Å². The fourth-order valence-electron chi connectivity index (χ4n) is 4.95. The van der Waals surface area contributed by atoms with Gasteiger partial charge in [-0.1, -0.05) is 42.4 Å². The minimum atomic E-state index is -4.94. The van der Waals surface area contributed by atoms with E-state index in [1.165, 1.54) is 16.7 Å². The lowest BCUT2D eigenvalue weighted by Crippen LogP contribution is -2.42. The van der Waals surface area contributed by atoms with Crippen LogP contribution in [0.25, 0.3) is 0 Å². The molecule has 1 aromatic heterocycles. The lowest BCUT2D eigenvalue weighted by atomic mass is 10.0. The summed E-state index contributed by atoms with van der Waals surface area (Å²) in [5.41, 5.74) is -3.58. The first-order chi connectivity index (χ1) is 22.1. The van der Waals surface area contributed by atoms with Crippen molar-refractivity contribution in [2.75, 3.05) is 31.1 Å². The average Bonchev–Trinajstić information content (AvgIpc) is 3.33. The van der Waals surface area contributed by atoms with Crippen molar-refractivity contribution in [2.24, 2.45) is 7.05 Å². The van der Waals surface area contributed by atoms with Gasteiger partial charge in [-0.25, -0.2) is 0 Å². The van der Waals surface area contributed by atoms with Gasteiger partial charge in [0.25, 0.3) is 5.95 Å². The van der Waals surface area contributed by atoms with Crippen molar-refractivity contribution in [3.05, 3.63) is 70.8 Å². The van der Waals surface area contributed by atoms with Crippen LogP contribution in [-0.2, 0) is 25.9 Å². The molecule has 17 heteroatoms. The Balaban J connectivity index is 0.000000778. The highest BCUT2D eigenvalue weighted by atomic mass is 19.4. The molecule has 0 bridgehead atoms. The largest absolute Gasteiger partial charge is 0.416 e. The molecule has 2 unspecified atom stereocenters. The summed E-state index contributed by atoms with van der Waals surface area (Å²) in [5, 5.41) is 25.4. The van der Waals surface area contributed by atoms with Gasteiger partial charge in [-0.3, -0.25) is 10.2 Å². The first kappa shape index (κ1) is 40.7. The number of nitrogens with zero attached hydrogens (tertiary/aromatic N) is 6. The number of hydrogen-bond donors (Lipinski definition) is 2. The van der Waals surface area contributed by atoms with E-state index in [4.69, 9.17) is 0 Å². The molecule has 3 rings (SSSR count). The summed E-state index contributed by atoms with van der Waals surface area (Å²) in [5.74, 6) is 0.0888. The maximum Gasteiger partial charge on any atom is 0.416 e. The molecule has 1 saturated heterocycles. The molecule has 8 nitrogen and oxygen atoms in total. The van der Waals surface area contributed by atoms with Crippen molar-refractivity contribution in [2.45, 2.75) is 83.8 Å². The monoisotopic (exact) mass is 699 g/mol. The average molecular weight is 700 g/mol. The Bertz CT molecular complexity index is 1360. The van der Waals surface area contributed by atoms with Gasteiger partial charge in [0.05, 0.1) is 18.2 Å². The van der Waals surface area contributed by atoms with Crippen LogP contribution >= 0.6 is 0 Å². The topological polar surface area (TPSA) is 82.3 Å². The first-order valence-electron chi connectivity index (χ1n) is 15.1. The van der Waals surface area contributed by atoms with Crippen LogP contribution in [0.2, 0.25) is 0 Å². The van der Waals surface area contributed by atoms with Crippen LogP contribution in [0.15, 0.2) is 54.2 Å². The van der Waals surface area contributed by atoms with Gasteiger partial charge < -0.3 is 10.0 Å². The molecule has 0 saturated carbocycles. The number of aromatic nitrogens is 4. The van der Waals surface area contributed by atoms with Gasteiger partial charge >= 0.3 is 18.5 Å². The standard InChI is InChI=1S/C25H35F6N7O.C6H7F3/c1-5-17(13-21(6-2)37-9-7-23(3,39)32-8-10-37)15-38(22-33-35-36(4)34-22)16-18-11-19(24(26,27)28)14-20(12-18)25(29,30)31;1-3-4-5(2)6(7,8)9/h5,11-12,14,21,32,39H,6-10,13,15-16H2,1-4H3;3-4H,1H2,2H3/b17-5+;5-4+. The van der Waals surface area contributed by atoms with Crippen molar-refractivity contribution >= 4 is 5.95 Å². The summed E-state index contributed by atoms with van der Waals surface area (Å²) < 4.78 is 115. The third-order valence-corrected chi connectivity index (χ3v) is 7.69. The molecule has 270 valence electrons. The summed E-state index contributed by atoms with van der Waals surface area (Å²) >= 11 is 0. The van der Waals surface area contributed by atoms with E-state index < -0.39 is 41.0 Å². The number of rotatable bonds is 10. The molecule has 1 fully saturated rings. The highest BCUT2D eigenvalue weighted by molar-refractivity contribution is 5.38. The zero-order valence-corrected chi connectivity index (χ0v) is 27.4. The van der Waals surface area contributed by atoms with Gasteiger partial charge in [-0.2, -0.15) is 44.3 Å². The Kier molecular flexibility index (Phi) is 14.2. The van der Waals surface area contributed by atoms with Crippen molar-refractivity contribution in [1.82, 2.24) is 30.4 Å². The number of alkyl halides is 9. The van der Waals surface area contributed by atoms with E-state index in [0.717, 1.165) is 49.7 Å². The minimum Gasteiger partial charge on any atom is -0.376 e. The van der Waals surface area contributed by atoms with Crippen LogP contribution in [0.5, 0.6) is 0 Å². The lowest BCUT2D eigenvalue weighted by molar-refractivity contribution is -0.143. The highest BCUT2D eigenvalue weighted by Gasteiger charge is 2.37. The molecule has 1 aromatic carbocycles. The Hall–Kier alpha value is -3.44. The van der Waals surface area contributed by atoms with Gasteiger partial charge in [0, 0.05) is 50.8 Å². The van der Waals surface area contributed by atoms with Crippen LogP contribution in [-0.4, -0.2) is 74.3 Å². The van der Waals surface area contributed by atoms with Gasteiger partial charge in [0.15, 0.2) is 0 Å². The van der Waals surface area contributed by atoms with Crippen molar-refractivity contribution in [1.29, 1.82) is 0 Å². The second-order valence-electron chi connectivity index (χ2n) is 11.6. The Labute approximate surface area is 274 Å². The van der Waals surface area contributed by atoms with Gasteiger partial charge in [-0.15, -0.1) is 5.10 Å². The van der Waals surface area contributed by atoms with Crippen LogP contribution in [0.3, 0.4) is 0 Å².